The van der Waals surface area contributed by atoms with Crippen molar-refractivity contribution in [3.05, 3.63) is 63.8 Å². The number of carbonyl (C=O) groups excluding carboxylic acids is 1. The zero-order chi connectivity index (χ0) is 22.1. The molecule has 0 aliphatic carbocycles. The number of rotatable bonds is 10. The van der Waals surface area contributed by atoms with Crippen LogP contribution in [0.25, 0.3) is 0 Å². The Balaban J connectivity index is 2.72. The van der Waals surface area contributed by atoms with Gasteiger partial charge in [0.05, 0.1) is 0 Å². The van der Waals surface area contributed by atoms with Gasteiger partial charge in [-0.05, 0) is 59.5 Å². The molecule has 1 rings (SSSR count). The highest BCUT2D eigenvalue weighted by atomic mass is 19.2. The summed E-state index contributed by atoms with van der Waals surface area (Å²) < 4.78 is 59.3. The van der Waals surface area contributed by atoms with Crippen molar-refractivity contribution in [2.45, 2.75) is 53.4 Å². The van der Waals surface area contributed by atoms with Crippen molar-refractivity contribution in [3.8, 4) is 5.75 Å². The molecule has 160 valence electrons. The molecule has 0 saturated heterocycles. The van der Waals surface area contributed by atoms with Crippen LogP contribution in [0.2, 0.25) is 0 Å². The smallest absolute Gasteiger partial charge is 0.255 e. The highest BCUT2D eigenvalue weighted by Crippen LogP contribution is 2.30. The van der Waals surface area contributed by atoms with Gasteiger partial charge in [-0.15, -0.1) is 0 Å². The summed E-state index contributed by atoms with van der Waals surface area (Å²) in [4.78, 5) is 11.3. The van der Waals surface area contributed by atoms with Gasteiger partial charge in [-0.1, -0.05) is 28.9 Å². The van der Waals surface area contributed by atoms with E-state index in [4.69, 9.17) is 10.5 Å². The van der Waals surface area contributed by atoms with Crippen molar-refractivity contribution in [1.82, 2.24) is 0 Å². The number of amides is 1. The topological polar surface area (TPSA) is 52.3 Å². The molecule has 0 fully saturated rings. The Bertz CT molecular complexity index is 838. The summed E-state index contributed by atoms with van der Waals surface area (Å²) in [5.74, 6) is -10.3. The zero-order valence-electron chi connectivity index (χ0n) is 17.2. The molecule has 2 N–H and O–H groups in total. The molecule has 0 radical (unpaired) electrons. The van der Waals surface area contributed by atoms with E-state index in [-0.39, 0.29) is 6.61 Å². The van der Waals surface area contributed by atoms with Gasteiger partial charge in [-0.25, -0.2) is 13.2 Å². The molecule has 3 nitrogen and oxygen atoms in total. The molecule has 0 aromatic heterocycles. The SMILES string of the molecule is CC(C)=CCC/C(C)=C/CC/C(C)=C/COc1c(F)c(F)c(F)c(F)c1C(N)=O. The first kappa shape index (κ1) is 24.5. The number of primary amides is 1. The Kier molecular flexibility index (Phi) is 9.65. The van der Waals surface area contributed by atoms with Gasteiger partial charge in [0.15, 0.2) is 17.4 Å². The van der Waals surface area contributed by atoms with Gasteiger partial charge in [-0.3, -0.25) is 4.79 Å². The third kappa shape index (κ3) is 7.40. The molecule has 7 heteroatoms. The maximum absolute atomic E-state index is 13.9. The average Bonchev–Trinajstić information content (AvgIpc) is 2.63. The Morgan fingerprint density at radius 1 is 0.828 bits per heavy atom. The third-order valence-corrected chi connectivity index (χ3v) is 4.25. The van der Waals surface area contributed by atoms with Crippen molar-refractivity contribution >= 4 is 5.91 Å². The van der Waals surface area contributed by atoms with Crippen LogP contribution in [-0.4, -0.2) is 12.5 Å². The normalized spacial score (nSPS) is 12.1. The van der Waals surface area contributed by atoms with Crippen molar-refractivity contribution < 1.29 is 27.1 Å². The molecule has 1 aromatic carbocycles. The number of halogens is 4. The molecule has 1 aromatic rings. The molecule has 0 atom stereocenters. The van der Waals surface area contributed by atoms with Gasteiger partial charge >= 0.3 is 0 Å². The van der Waals surface area contributed by atoms with Crippen molar-refractivity contribution in [3.63, 3.8) is 0 Å². The van der Waals surface area contributed by atoms with Crippen LogP contribution in [0.15, 0.2) is 34.9 Å². The molecule has 29 heavy (non-hydrogen) atoms. The highest BCUT2D eigenvalue weighted by Gasteiger charge is 2.29. The molecule has 0 spiro atoms. The second-order valence-corrected chi connectivity index (χ2v) is 7.10. The standard InChI is InChI=1S/C22H27F4NO2/c1-13(2)7-5-8-14(3)9-6-10-15(4)11-12-29-21-16(22(27)28)17(23)18(24)19(25)20(21)26/h7,9,11H,5-6,8,10,12H2,1-4H3,(H2,27,28)/b14-9+,15-11+. The van der Waals surface area contributed by atoms with Crippen LogP contribution in [0, 0.1) is 23.3 Å². The number of ether oxygens (including phenoxy) is 1. The molecular weight excluding hydrogens is 386 g/mol. The first-order valence-corrected chi connectivity index (χ1v) is 9.29. The molecule has 0 bridgehead atoms. The lowest BCUT2D eigenvalue weighted by Gasteiger charge is -2.12. The Labute approximate surface area is 168 Å². The van der Waals surface area contributed by atoms with Crippen LogP contribution >= 0.6 is 0 Å². The predicted octanol–water partition coefficient (Wildman–Crippen LogP) is 6.14. The Morgan fingerprint density at radius 2 is 1.34 bits per heavy atom. The molecule has 0 unspecified atom stereocenters. The minimum absolute atomic E-state index is 0.253. The van der Waals surface area contributed by atoms with Gasteiger partial charge in [0.25, 0.3) is 5.91 Å². The van der Waals surface area contributed by atoms with Gasteiger partial charge in [0.2, 0.25) is 11.6 Å². The fourth-order valence-corrected chi connectivity index (χ4v) is 2.57. The van der Waals surface area contributed by atoms with E-state index in [1.54, 1.807) is 6.08 Å². The van der Waals surface area contributed by atoms with Crippen molar-refractivity contribution in [2.24, 2.45) is 5.73 Å². The minimum atomic E-state index is -2.11. The summed E-state index contributed by atoms with van der Waals surface area (Å²) >= 11 is 0. The molecule has 1 amide bonds. The second kappa shape index (κ2) is 11.4. The van der Waals surface area contributed by atoms with E-state index in [9.17, 15) is 22.4 Å². The molecule has 0 aliphatic heterocycles. The summed E-state index contributed by atoms with van der Waals surface area (Å²) in [7, 11) is 0. The monoisotopic (exact) mass is 413 g/mol. The lowest BCUT2D eigenvalue weighted by molar-refractivity contribution is 0.0989. The summed E-state index contributed by atoms with van der Waals surface area (Å²) in [5, 5.41) is 0. The molecule has 0 aliphatic rings. The number of carbonyl (C=O) groups is 1. The molecular formula is C22H27F4NO2. The van der Waals surface area contributed by atoms with Crippen LogP contribution in [0.5, 0.6) is 5.75 Å². The van der Waals surface area contributed by atoms with Gasteiger partial charge in [-0.2, -0.15) is 4.39 Å². The maximum Gasteiger partial charge on any atom is 0.255 e. The predicted molar refractivity (Wildman–Crippen MR) is 106 cm³/mol. The number of hydrogen-bond acceptors (Lipinski definition) is 2. The molecule has 0 heterocycles. The lowest BCUT2D eigenvalue weighted by Crippen LogP contribution is -2.19. The van der Waals surface area contributed by atoms with Gasteiger partial charge < -0.3 is 10.5 Å². The van der Waals surface area contributed by atoms with E-state index in [2.05, 4.69) is 32.9 Å². The number of allylic oxidation sites excluding steroid dienone is 5. The van der Waals surface area contributed by atoms with Crippen LogP contribution in [0.1, 0.15) is 63.7 Å². The largest absolute Gasteiger partial charge is 0.485 e. The van der Waals surface area contributed by atoms with E-state index in [1.165, 1.54) is 11.1 Å². The average molecular weight is 413 g/mol. The Morgan fingerprint density at radius 3 is 1.90 bits per heavy atom. The van der Waals surface area contributed by atoms with E-state index in [0.29, 0.717) is 6.42 Å². The van der Waals surface area contributed by atoms with E-state index in [1.807, 2.05) is 6.92 Å². The van der Waals surface area contributed by atoms with Crippen LogP contribution in [0.4, 0.5) is 17.6 Å². The van der Waals surface area contributed by atoms with Crippen LogP contribution in [0.3, 0.4) is 0 Å². The van der Waals surface area contributed by atoms with Crippen LogP contribution in [-0.2, 0) is 0 Å². The number of hydrogen-bond donors (Lipinski definition) is 1. The van der Waals surface area contributed by atoms with E-state index in [0.717, 1.165) is 24.8 Å². The maximum atomic E-state index is 13.9. The summed E-state index contributed by atoms with van der Waals surface area (Å²) in [6, 6.07) is 0. The first-order chi connectivity index (χ1) is 13.6. The fraction of sp³-hybridized carbons (Fsp3) is 0.409. The van der Waals surface area contributed by atoms with Gasteiger partial charge in [0.1, 0.15) is 12.2 Å². The van der Waals surface area contributed by atoms with E-state index < -0.39 is 40.5 Å². The zero-order valence-corrected chi connectivity index (χ0v) is 17.2. The summed E-state index contributed by atoms with van der Waals surface area (Å²) in [6.07, 6.45) is 9.38. The van der Waals surface area contributed by atoms with Crippen LogP contribution < -0.4 is 10.5 Å². The first-order valence-electron chi connectivity index (χ1n) is 9.29. The number of benzene rings is 1. The fourth-order valence-electron chi connectivity index (χ4n) is 2.57. The Hall–Kier alpha value is -2.57. The van der Waals surface area contributed by atoms with Gasteiger partial charge in [0, 0.05) is 0 Å². The lowest BCUT2D eigenvalue weighted by atomic mass is 10.1. The van der Waals surface area contributed by atoms with Crippen molar-refractivity contribution in [1.29, 1.82) is 0 Å². The second-order valence-electron chi connectivity index (χ2n) is 7.10. The number of nitrogens with two attached hydrogens (primary N) is 1. The minimum Gasteiger partial charge on any atom is -0.485 e. The molecule has 0 saturated carbocycles. The highest BCUT2D eigenvalue weighted by molar-refractivity contribution is 5.96. The van der Waals surface area contributed by atoms with Crippen molar-refractivity contribution in [2.75, 3.05) is 6.61 Å². The summed E-state index contributed by atoms with van der Waals surface area (Å²) in [5.41, 5.74) is 7.25. The van der Waals surface area contributed by atoms with E-state index >= 15 is 0 Å². The summed E-state index contributed by atoms with van der Waals surface area (Å²) in [6.45, 7) is 7.75. The third-order valence-electron chi connectivity index (χ3n) is 4.25. The quantitative estimate of drug-likeness (QED) is 0.217.